The van der Waals surface area contributed by atoms with Crippen LogP contribution in [0.15, 0.2) is 29.2 Å². The maximum Gasteiger partial charge on any atom is 0.251 e. The number of aliphatic hydroxyl groups is 1. The molecule has 0 fully saturated rings. The van der Waals surface area contributed by atoms with Crippen LogP contribution in [-0.2, 0) is 0 Å². The molecule has 2 N–H and O–H groups in total. The summed E-state index contributed by atoms with van der Waals surface area (Å²) in [4.78, 5) is 13.1. The SMILES string of the molecule is CCSc1ccc(C(=O)NCC(O)C(C)CC)cc1. The van der Waals surface area contributed by atoms with Crippen LogP contribution in [0.25, 0.3) is 0 Å². The van der Waals surface area contributed by atoms with Crippen molar-refractivity contribution in [2.75, 3.05) is 12.3 Å². The molecule has 0 saturated heterocycles. The van der Waals surface area contributed by atoms with Crippen LogP contribution >= 0.6 is 11.8 Å². The Kier molecular flexibility index (Phi) is 6.95. The Morgan fingerprint density at radius 1 is 1.32 bits per heavy atom. The Bertz CT molecular complexity index is 392. The first-order valence-electron chi connectivity index (χ1n) is 6.77. The lowest BCUT2D eigenvalue weighted by atomic mass is 10.0. The van der Waals surface area contributed by atoms with Crippen LogP contribution in [0.2, 0.25) is 0 Å². The van der Waals surface area contributed by atoms with Gasteiger partial charge in [0.2, 0.25) is 0 Å². The Labute approximate surface area is 119 Å². The third-order valence-corrected chi connectivity index (χ3v) is 4.09. The van der Waals surface area contributed by atoms with Gasteiger partial charge in [0.15, 0.2) is 0 Å². The molecule has 2 unspecified atom stereocenters. The lowest BCUT2D eigenvalue weighted by Gasteiger charge is -2.17. The first-order valence-corrected chi connectivity index (χ1v) is 7.76. The fourth-order valence-electron chi connectivity index (χ4n) is 1.64. The van der Waals surface area contributed by atoms with E-state index in [1.165, 1.54) is 4.90 Å². The van der Waals surface area contributed by atoms with Gasteiger partial charge in [-0.15, -0.1) is 11.8 Å². The highest BCUT2D eigenvalue weighted by atomic mass is 32.2. The van der Waals surface area contributed by atoms with Crippen molar-refractivity contribution in [2.45, 2.75) is 38.2 Å². The van der Waals surface area contributed by atoms with Gasteiger partial charge >= 0.3 is 0 Å². The van der Waals surface area contributed by atoms with Crippen molar-refractivity contribution < 1.29 is 9.90 Å². The number of thioether (sulfide) groups is 1. The van der Waals surface area contributed by atoms with E-state index in [-0.39, 0.29) is 11.8 Å². The number of benzene rings is 1. The number of carbonyl (C=O) groups excluding carboxylic acids is 1. The molecule has 3 nitrogen and oxygen atoms in total. The van der Waals surface area contributed by atoms with E-state index in [1.54, 1.807) is 11.8 Å². The maximum atomic E-state index is 11.9. The number of amides is 1. The molecule has 1 aromatic rings. The minimum absolute atomic E-state index is 0.129. The van der Waals surface area contributed by atoms with E-state index in [2.05, 4.69) is 12.2 Å². The Hall–Kier alpha value is -1.00. The molecule has 106 valence electrons. The van der Waals surface area contributed by atoms with Crippen LogP contribution in [0.3, 0.4) is 0 Å². The summed E-state index contributed by atoms with van der Waals surface area (Å²) in [6.45, 7) is 6.41. The van der Waals surface area contributed by atoms with Crippen molar-refractivity contribution in [3.8, 4) is 0 Å². The molecule has 0 aromatic heterocycles. The number of hydrogen-bond acceptors (Lipinski definition) is 3. The molecular formula is C15H23NO2S. The topological polar surface area (TPSA) is 49.3 Å². The van der Waals surface area contributed by atoms with E-state index in [9.17, 15) is 9.90 Å². The summed E-state index contributed by atoms with van der Waals surface area (Å²) < 4.78 is 0. The summed E-state index contributed by atoms with van der Waals surface area (Å²) in [6, 6.07) is 7.55. The van der Waals surface area contributed by atoms with E-state index < -0.39 is 6.10 Å². The van der Waals surface area contributed by atoms with Gasteiger partial charge in [-0.1, -0.05) is 27.2 Å². The highest BCUT2D eigenvalue weighted by Crippen LogP contribution is 2.17. The molecule has 2 atom stereocenters. The fraction of sp³-hybridized carbons (Fsp3) is 0.533. The molecule has 1 amide bonds. The molecule has 0 aliphatic carbocycles. The summed E-state index contributed by atoms with van der Waals surface area (Å²) in [5, 5.41) is 12.6. The quantitative estimate of drug-likeness (QED) is 0.756. The fourth-order valence-corrected chi connectivity index (χ4v) is 2.30. The normalized spacial score (nSPS) is 13.9. The number of hydrogen-bond donors (Lipinski definition) is 2. The second-order valence-corrected chi connectivity index (χ2v) is 5.96. The van der Waals surface area contributed by atoms with Gasteiger partial charge in [-0.3, -0.25) is 4.79 Å². The average Bonchev–Trinajstić information content (AvgIpc) is 2.44. The Morgan fingerprint density at radius 3 is 2.47 bits per heavy atom. The van der Waals surface area contributed by atoms with Crippen molar-refractivity contribution in [3.05, 3.63) is 29.8 Å². The Morgan fingerprint density at radius 2 is 1.95 bits per heavy atom. The van der Waals surface area contributed by atoms with Crippen molar-refractivity contribution >= 4 is 17.7 Å². The van der Waals surface area contributed by atoms with Crippen molar-refractivity contribution in [2.24, 2.45) is 5.92 Å². The predicted molar refractivity (Wildman–Crippen MR) is 80.6 cm³/mol. The van der Waals surface area contributed by atoms with Gasteiger partial charge in [0.05, 0.1) is 6.10 Å². The third-order valence-electron chi connectivity index (χ3n) is 3.20. The van der Waals surface area contributed by atoms with Gasteiger partial charge in [-0.05, 0) is 35.9 Å². The third kappa shape index (κ3) is 5.25. The molecule has 0 saturated carbocycles. The van der Waals surface area contributed by atoms with Crippen LogP contribution in [0.5, 0.6) is 0 Å². The molecule has 0 spiro atoms. The molecule has 0 aliphatic rings. The zero-order chi connectivity index (χ0) is 14.3. The monoisotopic (exact) mass is 281 g/mol. The van der Waals surface area contributed by atoms with Gasteiger partial charge in [0.25, 0.3) is 5.91 Å². The molecule has 1 rings (SSSR count). The summed E-state index contributed by atoms with van der Waals surface area (Å²) in [7, 11) is 0. The molecule has 0 heterocycles. The largest absolute Gasteiger partial charge is 0.391 e. The van der Waals surface area contributed by atoms with Crippen LogP contribution in [-0.4, -0.2) is 29.4 Å². The second-order valence-electron chi connectivity index (χ2n) is 4.62. The molecular weight excluding hydrogens is 258 g/mol. The highest BCUT2D eigenvalue weighted by Gasteiger charge is 2.13. The van der Waals surface area contributed by atoms with E-state index in [1.807, 2.05) is 38.1 Å². The maximum absolute atomic E-state index is 11.9. The summed E-state index contributed by atoms with van der Waals surface area (Å²) in [5.41, 5.74) is 0.636. The second kappa shape index (κ2) is 8.23. The average molecular weight is 281 g/mol. The number of nitrogens with one attached hydrogen (secondary N) is 1. The van der Waals surface area contributed by atoms with Gasteiger partial charge in [-0.2, -0.15) is 0 Å². The summed E-state index contributed by atoms with van der Waals surface area (Å²) in [5.74, 6) is 1.09. The summed E-state index contributed by atoms with van der Waals surface area (Å²) >= 11 is 1.75. The first kappa shape index (κ1) is 16.1. The van der Waals surface area contributed by atoms with Crippen LogP contribution < -0.4 is 5.32 Å². The van der Waals surface area contributed by atoms with E-state index in [4.69, 9.17) is 0 Å². The van der Waals surface area contributed by atoms with Gasteiger partial charge in [-0.25, -0.2) is 0 Å². The smallest absolute Gasteiger partial charge is 0.251 e. The summed E-state index contributed by atoms with van der Waals surface area (Å²) in [6.07, 6.45) is 0.420. The van der Waals surface area contributed by atoms with Crippen molar-refractivity contribution in [3.63, 3.8) is 0 Å². The minimum atomic E-state index is -0.483. The van der Waals surface area contributed by atoms with Crippen molar-refractivity contribution in [1.29, 1.82) is 0 Å². The van der Waals surface area contributed by atoms with Crippen LogP contribution in [0.1, 0.15) is 37.6 Å². The van der Waals surface area contributed by atoms with Crippen LogP contribution in [0, 0.1) is 5.92 Å². The molecule has 19 heavy (non-hydrogen) atoms. The molecule has 0 bridgehead atoms. The van der Waals surface area contributed by atoms with Crippen LogP contribution in [0.4, 0.5) is 0 Å². The van der Waals surface area contributed by atoms with Gasteiger partial charge in [0.1, 0.15) is 0 Å². The molecule has 0 radical (unpaired) electrons. The first-order chi connectivity index (χ1) is 9.08. The zero-order valence-electron chi connectivity index (χ0n) is 11.8. The lowest BCUT2D eigenvalue weighted by molar-refractivity contribution is 0.0850. The standard InChI is InChI=1S/C15H23NO2S/c1-4-11(3)14(17)10-16-15(18)12-6-8-13(9-7-12)19-5-2/h6-9,11,14,17H,4-5,10H2,1-3H3,(H,16,18). The molecule has 4 heteroatoms. The van der Waals surface area contributed by atoms with Crippen molar-refractivity contribution in [1.82, 2.24) is 5.32 Å². The molecule has 1 aromatic carbocycles. The molecule has 0 aliphatic heterocycles. The highest BCUT2D eigenvalue weighted by molar-refractivity contribution is 7.99. The zero-order valence-corrected chi connectivity index (χ0v) is 12.7. The Balaban J connectivity index is 2.49. The van der Waals surface area contributed by atoms with E-state index in [0.29, 0.717) is 12.1 Å². The lowest BCUT2D eigenvalue weighted by Crippen LogP contribution is -2.35. The van der Waals surface area contributed by atoms with E-state index >= 15 is 0 Å². The number of rotatable bonds is 7. The van der Waals surface area contributed by atoms with Gasteiger partial charge in [0, 0.05) is 17.0 Å². The minimum Gasteiger partial charge on any atom is -0.391 e. The van der Waals surface area contributed by atoms with E-state index in [0.717, 1.165) is 12.2 Å². The predicted octanol–water partition coefficient (Wildman–Crippen LogP) is 2.94. The number of aliphatic hydroxyl groups excluding tert-OH is 1. The van der Waals surface area contributed by atoms with Gasteiger partial charge < -0.3 is 10.4 Å². The number of carbonyl (C=O) groups is 1.